The van der Waals surface area contributed by atoms with Gasteiger partial charge < -0.3 is 14.5 Å². The smallest absolute Gasteiger partial charge is 0.274 e. The molecule has 3 aromatic rings. The molecule has 0 N–H and O–H groups in total. The maximum Gasteiger partial charge on any atom is 0.274 e. The molecule has 1 amide bonds. The van der Waals surface area contributed by atoms with Crippen LogP contribution in [0.15, 0.2) is 35.7 Å². The van der Waals surface area contributed by atoms with E-state index in [-0.39, 0.29) is 5.91 Å². The van der Waals surface area contributed by atoms with Crippen molar-refractivity contribution in [1.29, 1.82) is 0 Å². The van der Waals surface area contributed by atoms with Crippen LogP contribution in [-0.4, -0.2) is 53.9 Å². The lowest BCUT2D eigenvalue weighted by Gasteiger charge is -2.36. The van der Waals surface area contributed by atoms with Gasteiger partial charge in [-0.2, -0.15) is 5.10 Å². The average Bonchev–Trinajstić information content (AvgIpc) is 3.37. The number of piperazine rings is 1. The average molecular weight is 409 g/mol. The van der Waals surface area contributed by atoms with Crippen LogP contribution >= 0.6 is 11.3 Å². The van der Waals surface area contributed by atoms with E-state index in [9.17, 15) is 4.79 Å². The van der Waals surface area contributed by atoms with Crippen LogP contribution in [0.1, 0.15) is 20.9 Å². The molecule has 1 aliphatic carbocycles. The summed E-state index contributed by atoms with van der Waals surface area (Å²) < 4.78 is 7.38. The van der Waals surface area contributed by atoms with Gasteiger partial charge in [0.1, 0.15) is 5.75 Å². The molecule has 2 aliphatic rings. The van der Waals surface area contributed by atoms with Crippen molar-refractivity contribution in [3.8, 4) is 17.0 Å². The minimum atomic E-state index is 0.0557. The number of methoxy groups -OCH3 is 1. The molecule has 1 aromatic carbocycles. The monoisotopic (exact) mass is 408 g/mol. The Hall–Kier alpha value is -2.80. The van der Waals surface area contributed by atoms with E-state index in [1.807, 2.05) is 34.8 Å². The highest BCUT2D eigenvalue weighted by Crippen LogP contribution is 2.38. The van der Waals surface area contributed by atoms with Crippen LogP contribution in [0.3, 0.4) is 0 Å². The first-order valence-corrected chi connectivity index (χ1v) is 10.8. The summed E-state index contributed by atoms with van der Waals surface area (Å²) in [4.78, 5) is 18.9. The predicted molar refractivity (Wildman–Crippen MR) is 115 cm³/mol. The molecule has 150 valence electrons. The summed E-state index contributed by atoms with van der Waals surface area (Å²) in [7, 11) is 3.64. The number of benzene rings is 1. The highest BCUT2D eigenvalue weighted by atomic mass is 32.1. The minimum absolute atomic E-state index is 0.0557. The SMILES string of the molecule is COc1ccccc1N1CCN(C(=O)c2nn(C)c3c2CCc2sccc2-3)CC1. The first-order valence-electron chi connectivity index (χ1n) is 9.97. The van der Waals surface area contributed by atoms with Gasteiger partial charge in [0.15, 0.2) is 5.69 Å². The number of aryl methyl sites for hydroxylation is 2. The molecular weight excluding hydrogens is 384 g/mol. The van der Waals surface area contributed by atoms with Crippen molar-refractivity contribution in [2.75, 3.05) is 38.2 Å². The molecule has 5 rings (SSSR count). The Morgan fingerprint density at radius 3 is 2.69 bits per heavy atom. The van der Waals surface area contributed by atoms with Gasteiger partial charge in [-0.05, 0) is 36.4 Å². The van der Waals surface area contributed by atoms with Gasteiger partial charge in [-0.1, -0.05) is 12.1 Å². The number of amides is 1. The second-order valence-corrected chi connectivity index (χ2v) is 8.51. The number of thiophene rings is 1. The van der Waals surface area contributed by atoms with Crippen molar-refractivity contribution in [3.05, 3.63) is 51.8 Å². The van der Waals surface area contributed by atoms with Crippen molar-refractivity contribution < 1.29 is 9.53 Å². The first kappa shape index (κ1) is 18.2. The number of fused-ring (bicyclic) bond motifs is 3. The van der Waals surface area contributed by atoms with Gasteiger partial charge in [0.2, 0.25) is 0 Å². The quantitative estimate of drug-likeness (QED) is 0.668. The zero-order valence-corrected chi connectivity index (χ0v) is 17.5. The summed E-state index contributed by atoms with van der Waals surface area (Å²) in [5.74, 6) is 0.929. The van der Waals surface area contributed by atoms with Crippen LogP contribution in [-0.2, 0) is 19.9 Å². The molecule has 3 heterocycles. The summed E-state index contributed by atoms with van der Waals surface area (Å²) in [5, 5.41) is 6.78. The summed E-state index contributed by atoms with van der Waals surface area (Å²) in [6.45, 7) is 2.95. The number of rotatable bonds is 3. The predicted octanol–water partition coefficient (Wildman–Crippen LogP) is 3.22. The Morgan fingerprint density at radius 1 is 1.10 bits per heavy atom. The third-order valence-electron chi connectivity index (χ3n) is 5.94. The van der Waals surface area contributed by atoms with E-state index in [1.165, 1.54) is 10.4 Å². The topological polar surface area (TPSA) is 50.6 Å². The lowest BCUT2D eigenvalue weighted by Crippen LogP contribution is -2.49. The molecule has 0 bridgehead atoms. The van der Waals surface area contributed by atoms with Crippen LogP contribution < -0.4 is 9.64 Å². The van der Waals surface area contributed by atoms with Gasteiger partial charge in [-0.15, -0.1) is 11.3 Å². The molecule has 0 radical (unpaired) electrons. The minimum Gasteiger partial charge on any atom is -0.495 e. The molecule has 7 heteroatoms. The molecule has 0 atom stereocenters. The number of carbonyl (C=O) groups is 1. The lowest BCUT2D eigenvalue weighted by molar-refractivity contribution is 0.0739. The normalized spacial score (nSPS) is 15.8. The zero-order chi connectivity index (χ0) is 20.0. The summed E-state index contributed by atoms with van der Waals surface area (Å²) in [6.07, 6.45) is 1.88. The summed E-state index contributed by atoms with van der Waals surface area (Å²) in [6, 6.07) is 10.2. The van der Waals surface area contributed by atoms with Gasteiger partial charge in [0.25, 0.3) is 5.91 Å². The number of hydrogen-bond acceptors (Lipinski definition) is 5. The van der Waals surface area contributed by atoms with Gasteiger partial charge in [0, 0.05) is 49.2 Å². The van der Waals surface area contributed by atoms with Crippen molar-refractivity contribution >= 4 is 22.9 Å². The van der Waals surface area contributed by atoms with E-state index in [2.05, 4.69) is 27.5 Å². The van der Waals surface area contributed by atoms with E-state index in [0.29, 0.717) is 18.8 Å². The third-order valence-corrected chi connectivity index (χ3v) is 6.92. The Balaban J connectivity index is 1.35. The number of carbonyl (C=O) groups excluding carboxylic acids is 1. The second-order valence-electron chi connectivity index (χ2n) is 7.51. The van der Waals surface area contributed by atoms with E-state index in [1.54, 1.807) is 18.4 Å². The zero-order valence-electron chi connectivity index (χ0n) is 16.7. The van der Waals surface area contributed by atoms with Crippen LogP contribution in [0.4, 0.5) is 5.69 Å². The van der Waals surface area contributed by atoms with E-state index in [0.717, 1.165) is 48.6 Å². The molecule has 29 heavy (non-hydrogen) atoms. The number of anilines is 1. The fraction of sp³-hybridized carbons (Fsp3) is 0.364. The Kier molecular flexibility index (Phi) is 4.54. The molecule has 1 saturated heterocycles. The maximum atomic E-state index is 13.3. The van der Waals surface area contributed by atoms with Crippen molar-refractivity contribution in [1.82, 2.24) is 14.7 Å². The number of ether oxygens (including phenoxy) is 1. The Bertz CT molecular complexity index is 1060. The molecule has 1 aliphatic heterocycles. The summed E-state index contributed by atoms with van der Waals surface area (Å²) in [5.41, 5.74) is 5.18. The number of aromatic nitrogens is 2. The Labute approximate surface area is 174 Å². The molecule has 0 unspecified atom stereocenters. The molecule has 0 spiro atoms. The molecule has 2 aromatic heterocycles. The van der Waals surface area contributed by atoms with Crippen LogP contribution in [0.2, 0.25) is 0 Å². The maximum absolute atomic E-state index is 13.3. The molecule has 0 saturated carbocycles. The van der Waals surface area contributed by atoms with E-state index >= 15 is 0 Å². The third kappa shape index (κ3) is 3.00. The van der Waals surface area contributed by atoms with Crippen molar-refractivity contribution in [2.24, 2.45) is 7.05 Å². The van der Waals surface area contributed by atoms with E-state index < -0.39 is 0 Å². The van der Waals surface area contributed by atoms with Crippen molar-refractivity contribution in [2.45, 2.75) is 12.8 Å². The summed E-state index contributed by atoms with van der Waals surface area (Å²) >= 11 is 1.79. The number of hydrogen-bond donors (Lipinski definition) is 0. The molecular formula is C22H24N4O2S. The van der Waals surface area contributed by atoms with Gasteiger partial charge in [-0.3, -0.25) is 9.48 Å². The molecule has 1 fully saturated rings. The van der Waals surface area contributed by atoms with Crippen molar-refractivity contribution in [3.63, 3.8) is 0 Å². The van der Waals surface area contributed by atoms with Gasteiger partial charge >= 0.3 is 0 Å². The van der Waals surface area contributed by atoms with Gasteiger partial charge in [-0.25, -0.2) is 0 Å². The standard InChI is InChI=1S/C22H24N4O2S/c1-24-21-15-9-14-29-19(15)8-7-16(21)20(23-24)22(27)26-12-10-25(11-13-26)17-5-3-4-6-18(17)28-2/h3-6,9,14H,7-8,10-13H2,1-2H3. The second kappa shape index (κ2) is 7.22. The van der Waals surface area contributed by atoms with Gasteiger partial charge in [0.05, 0.1) is 18.5 Å². The van der Waals surface area contributed by atoms with E-state index in [4.69, 9.17) is 4.74 Å². The highest BCUT2D eigenvalue weighted by Gasteiger charge is 2.31. The highest BCUT2D eigenvalue weighted by molar-refractivity contribution is 7.10. The molecule has 6 nitrogen and oxygen atoms in total. The first-order chi connectivity index (χ1) is 14.2. The fourth-order valence-corrected chi connectivity index (χ4v) is 5.37. The van der Waals surface area contributed by atoms with Crippen LogP contribution in [0.5, 0.6) is 5.75 Å². The van der Waals surface area contributed by atoms with Crippen LogP contribution in [0.25, 0.3) is 11.3 Å². The van der Waals surface area contributed by atoms with Crippen LogP contribution in [0, 0.1) is 0 Å². The fourth-order valence-electron chi connectivity index (χ4n) is 4.49. The Morgan fingerprint density at radius 2 is 1.90 bits per heavy atom. The number of nitrogens with zero attached hydrogens (tertiary/aromatic N) is 4. The number of para-hydroxylation sites is 2. The lowest BCUT2D eigenvalue weighted by atomic mass is 9.94. The largest absolute Gasteiger partial charge is 0.495 e.